The van der Waals surface area contributed by atoms with E-state index in [1.165, 1.54) is 16.7 Å². The van der Waals surface area contributed by atoms with E-state index in [9.17, 15) is 0 Å². The van der Waals surface area contributed by atoms with Crippen molar-refractivity contribution in [1.29, 1.82) is 0 Å². The largest absolute Gasteiger partial charge is 0.356 e. The van der Waals surface area contributed by atoms with Gasteiger partial charge in [0.2, 0.25) is 0 Å². The Balaban J connectivity index is 1.76. The van der Waals surface area contributed by atoms with E-state index in [2.05, 4.69) is 45.6 Å². The highest BCUT2D eigenvalue weighted by molar-refractivity contribution is 8.17. The average Bonchev–Trinajstić information content (AvgIpc) is 2.62. The van der Waals surface area contributed by atoms with Crippen LogP contribution in [-0.4, -0.2) is 41.6 Å². The first-order valence-corrected chi connectivity index (χ1v) is 8.94. The molecule has 0 atom stereocenters. The third kappa shape index (κ3) is 2.86. The predicted octanol–water partition coefficient (Wildman–Crippen LogP) is 2.89. The van der Waals surface area contributed by atoms with Gasteiger partial charge in [0.25, 0.3) is 0 Å². The zero-order chi connectivity index (χ0) is 15.6. The van der Waals surface area contributed by atoms with E-state index in [1.807, 2.05) is 6.07 Å². The van der Waals surface area contributed by atoms with Crippen molar-refractivity contribution in [2.45, 2.75) is 18.9 Å². The van der Waals surface area contributed by atoms with Crippen molar-refractivity contribution >= 4 is 28.2 Å². The van der Waals surface area contributed by atoms with Crippen molar-refractivity contribution < 1.29 is 0 Å². The molecule has 1 aromatic rings. The minimum absolute atomic E-state index is 0.326. The molecule has 0 unspecified atom stereocenters. The highest BCUT2D eigenvalue weighted by Crippen LogP contribution is 2.34. The van der Waals surface area contributed by atoms with Crippen LogP contribution in [0.25, 0.3) is 5.57 Å². The molecule has 5 heteroatoms. The minimum Gasteiger partial charge on any atom is -0.356 e. The lowest BCUT2D eigenvalue weighted by molar-refractivity contribution is 0.313. The second-order valence-corrected chi connectivity index (χ2v) is 6.88. The van der Waals surface area contributed by atoms with Crippen molar-refractivity contribution in [3.63, 3.8) is 0 Å². The molecular weight excluding hydrogens is 304 g/mol. The van der Waals surface area contributed by atoms with E-state index >= 15 is 0 Å². The first kappa shape index (κ1) is 14.7. The van der Waals surface area contributed by atoms with Crippen LogP contribution in [0.15, 0.2) is 57.4 Å². The fraction of sp³-hybridized carbons (Fsp3) is 0.333. The quantitative estimate of drug-likeness (QED) is 0.864. The van der Waals surface area contributed by atoms with Crippen molar-refractivity contribution in [2.24, 2.45) is 15.7 Å². The summed E-state index contributed by atoms with van der Waals surface area (Å²) in [5.74, 6) is 1.10. The third-order valence-corrected chi connectivity index (χ3v) is 5.31. The molecule has 0 aromatic heterocycles. The minimum atomic E-state index is 0.326. The van der Waals surface area contributed by atoms with Gasteiger partial charge < -0.3 is 10.6 Å². The number of nitrogens with two attached hydrogens (primary N) is 1. The smallest absolute Gasteiger partial charge is 0.136 e. The number of piperidine rings is 1. The molecule has 4 rings (SSSR count). The molecule has 2 N–H and O–H groups in total. The summed E-state index contributed by atoms with van der Waals surface area (Å²) in [6.45, 7) is 2.49. The maximum absolute atomic E-state index is 6.06. The number of likely N-dealkylation sites (tertiary alicyclic amines) is 1. The molecule has 0 amide bonds. The molecule has 1 saturated heterocycles. The number of amidine groups is 1. The Morgan fingerprint density at radius 3 is 2.65 bits per heavy atom. The van der Waals surface area contributed by atoms with Gasteiger partial charge in [-0.25, -0.2) is 4.99 Å². The van der Waals surface area contributed by atoms with E-state index in [0.717, 1.165) is 36.8 Å². The molecule has 3 aliphatic rings. The van der Waals surface area contributed by atoms with Gasteiger partial charge >= 0.3 is 0 Å². The van der Waals surface area contributed by atoms with Crippen molar-refractivity contribution in [3.05, 3.63) is 53.0 Å². The first-order chi connectivity index (χ1) is 11.3. The van der Waals surface area contributed by atoms with Crippen molar-refractivity contribution in [1.82, 2.24) is 4.90 Å². The maximum Gasteiger partial charge on any atom is 0.136 e. The summed E-state index contributed by atoms with van der Waals surface area (Å²) in [7, 11) is 0. The van der Waals surface area contributed by atoms with Crippen LogP contribution < -0.4 is 5.73 Å². The summed E-state index contributed by atoms with van der Waals surface area (Å²) in [5.41, 5.74) is 9.68. The highest BCUT2D eigenvalue weighted by atomic mass is 32.2. The standard InChI is InChI=1S/C18H20N4S/c19-14-6-9-22(10-7-14)17-16-15(13-4-2-1-3-5-13)8-11-23-18(16)21-12-20-17/h1-5,8,11,14H,6-7,9-10,12,19H2. The third-order valence-electron chi connectivity index (χ3n) is 4.48. The van der Waals surface area contributed by atoms with Gasteiger partial charge in [-0.15, -0.1) is 0 Å². The molecule has 0 saturated carbocycles. The van der Waals surface area contributed by atoms with E-state index in [4.69, 9.17) is 10.7 Å². The molecule has 3 heterocycles. The summed E-state index contributed by atoms with van der Waals surface area (Å²) in [4.78, 5) is 11.8. The summed E-state index contributed by atoms with van der Waals surface area (Å²) < 4.78 is 0. The van der Waals surface area contributed by atoms with Gasteiger partial charge in [-0.2, -0.15) is 0 Å². The summed E-state index contributed by atoms with van der Waals surface area (Å²) >= 11 is 1.69. The molecule has 1 fully saturated rings. The van der Waals surface area contributed by atoms with Gasteiger partial charge in [0.05, 0.1) is 5.57 Å². The van der Waals surface area contributed by atoms with Gasteiger partial charge in [-0.05, 0) is 35.5 Å². The fourth-order valence-electron chi connectivity index (χ4n) is 3.23. The molecular formula is C18H20N4S. The zero-order valence-corrected chi connectivity index (χ0v) is 13.8. The molecule has 0 aliphatic carbocycles. The first-order valence-electron chi connectivity index (χ1n) is 8.06. The van der Waals surface area contributed by atoms with Crippen LogP contribution in [0.1, 0.15) is 18.4 Å². The Labute approximate surface area is 140 Å². The molecule has 4 nitrogen and oxygen atoms in total. The topological polar surface area (TPSA) is 54.0 Å². The van der Waals surface area contributed by atoms with Gasteiger partial charge in [0.1, 0.15) is 17.5 Å². The zero-order valence-electron chi connectivity index (χ0n) is 13.0. The predicted molar refractivity (Wildman–Crippen MR) is 98.6 cm³/mol. The Morgan fingerprint density at radius 1 is 1.09 bits per heavy atom. The highest BCUT2D eigenvalue weighted by Gasteiger charge is 2.29. The number of thioether (sulfide) groups is 1. The average molecular weight is 324 g/mol. The Kier molecular flexibility index (Phi) is 4.06. The molecule has 1 aromatic carbocycles. The second-order valence-electron chi connectivity index (χ2n) is 5.99. The number of hydrogen-bond donors (Lipinski definition) is 1. The summed E-state index contributed by atoms with van der Waals surface area (Å²) in [6, 6.07) is 10.8. The van der Waals surface area contributed by atoms with Gasteiger partial charge in [0.15, 0.2) is 0 Å². The summed E-state index contributed by atoms with van der Waals surface area (Å²) in [5, 5.41) is 3.21. The van der Waals surface area contributed by atoms with Crippen LogP contribution in [-0.2, 0) is 0 Å². The van der Waals surface area contributed by atoms with E-state index in [1.54, 1.807) is 11.8 Å². The lowest BCUT2D eigenvalue weighted by atomic mass is 9.97. The van der Waals surface area contributed by atoms with Crippen LogP contribution in [0.3, 0.4) is 0 Å². The van der Waals surface area contributed by atoms with Crippen LogP contribution in [0.2, 0.25) is 0 Å². The van der Waals surface area contributed by atoms with E-state index in [0.29, 0.717) is 12.7 Å². The van der Waals surface area contributed by atoms with Gasteiger partial charge in [-0.1, -0.05) is 42.1 Å². The Hall–Kier alpha value is -1.85. The Bertz CT molecular complexity index is 710. The number of rotatable bonds is 1. The lowest BCUT2D eigenvalue weighted by Gasteiger charge is -2.35. The van der Waals surface area contributed by atoms with Crippen LogP contribution in [0, 0.1) is 0 Å². The normalized spacial score (nSPS) is 21.9. The second kappa shape index (κ2) is 6.34. The molecule has 23 heavy (non-hydrogen) atoms. The van der Waals surface area contributed by atoms with E-state index in [-0.39, 0.29) is 0 Å². The summed E-state index contributed by atoms with van der Waals surface area (Å²) in [6.07, 6.45) is 4.25. The molecule has 0 bridgehead atoms. The van der Waals surface area contributed by atoms with Gasteiger partial charge in [0, 0.05) is 19.1 Å². The number of nitrogens with zero attached hydrogens (tertiary/aromatic N) is 3. The SMILES string of the molecule is NC1CCN(C2=NCN=C3SC=CC(c4ccccc4)=C32)CC1. The number of allylic oxidation sites excluding steroid dienone is 2. The van der Waals surface area contributed by atoms with Gasteiger partial charge in [-0.3, -0.25) is 4.99 Å². The van der Waals surface area contributed by atoms with Crippen molar-refractivity contribution in [2.75, 3.05) is 19.8 Å². The Morgan fingerprint density at radius 2 is 1.87 bits per heavy atom. The number of fused-ring (bicyclic) bond motifs is 1. The van der Waals surface area contributed by atoms with Crippen LogP contribution in [0.5, 0.6) is 0 Å². The monoisotopic (exact) mass is 324 g/mol. The van der Waals surface area contributed by atoms with Crippen LogP contribution >= 0.6 is 11.8 Å². The maximum atomic E-state index is 6.06. The van der Waals surface area contributed by atoms with Crippen LogP contribution in [0.4, 0.5) is 0 Å². The molecule has 0 radical (unpaired) electrons. The number of hydrogen-bond acceptors (Lipinski definition) is 5. The molecule has 118 valence electrons. The van der Waals surface area contributed by atoms with Crippen molar-refractivity contribution in [3.8, 4) is 0 Å². The fourth-order valence-corrected chi connectivity index (χ4v) is 4.01. The number of aliphatic imine (C=N–C) groups is 2. The number of benzene rings is 1. The molecule has 3 aliphatic heterocycles. The van der Waals surface area contributed by atoms with E-state index < -0.39 is 0 Å². The molecule has 0 spiro atoms. The lowest BCUT2D eigenvalue weighted by Crippen LogP contribution is -2.45.